The Morgan fingerprint density at radius 3 is 1.53 bits per heavy atom. The van der Waals surface area contributed by atoms with Crippen LogP contribution in [-0.4, -0.2) is 59.7 Å². The third-order valence-electron chi connectivity index (χ3n) is 9.84. The van der Waals surface area contributed by atoms with Crippen LogP contribution in [0.1, 0.15) is 38.8 Å². The van der Waals surface area contributed by atoms with Crippen LogP contribution in [0.5, 0.6) is 0 Å². The van der Waals surface area contributed by atoms with Crippen LogP contribution in [0.15, 0.2) is 169 Å². The lowest BCUT2D eigenvalue weighted by Crippen LogP contribution is -2.52. The van der Waals surface area contributed by atoms with Crippen molar-refractivity contribution >= 4 is 11.7 Å². The highest BCUT2D eigenvalue weighted by atomic mass is 16.6. The van der Waals surface area contributed by atoms with Gasteiger partial charge in [-0.3, -0.25) is 9.36 Å². The summed E-state index contributed by atoms with van der Waals surface area (Å²) in [5.74, 6) is -0.307. The molecule has 6 atom stereocenters. The molecule has 0 radical (unpaired) electrons. The normalized spacial score (nSPS) is 20.6. The minimum atomic E-state index is -1.09. The van der Waals surface area contributed by atoms with E-state index in [0.717, 1.165) is 22.3 Å². The Morgan fingerprint density at radius 1 is 0.603 bits per heavy atom. The summed E-state index contributed by atoms with van der Waals surface area (Å²) in [6.45, 7) is 1.07. The summed E-state index contributed by atoms with van der Waals surface area (Å²) in [4.78, 5) is 31.3. The Kier molecular flexibility index (Phi) is 14.3. The first-order chi connectivity index (χ1) is 28.6. The number of rotatable bonds is 17. The Bertz CT molecular complexity index is 2190. The molecule has 11 nitrogen and oxygen atoms in total. The summed E-state index contributed by atoms with van der Waals surface area (Å²) in [6, 6.07) is 49.6. The summed E-state index contributed by atoms with van der Waals surface area (Å²) in [5, 5.41) is 2.72. The van der Waals surface area contributed by atoms with Gasteiger partial charge in [-0.05, 0) is 40.5 Å². The van der Waals surface area contributed by atoms with Crippen LogP contribution in [0, 0.1) is 0 Å². The Labute approximate surface area is 338 Å². The third kappa shape index (κ3) is 10.8. The molecule has 1 amide bonds. The van der Waals surface area contributed by atoms with E-state index < -0.39 is 48.3 Å². The molecular formula is C47H47N3O8. The molecule has 7 rings (SSSR count). The highest BCUT2D eigenvalue weighted by molar-refractivity contribution is 6.03. The first kappa shape index (κ1) is 40.4. The standard InChI is InChI=1S/C47H47N3O8/c1-53-44-43(57-32-37-23-13-5-14-24-37)42(56-31-36-21-11-4-12-22-36)41(55-30-35-19-9-3-10-20-35)39(33-54-29-34-17-7-2-8-18-34)58-46(44)50-28-27-40(49-47(50)52)48-45(51)38-25-15-6-16-26-38/h2-28,39,41-44,46H,29-33H2,1H3,(H,48,49,51,52)/t39-,41-,42+,43-,44-,46-/m1/s1. The van der Waals surface area contributed by atoms with Gasteiger partial charge in [0.1, 0.15) is 36.3 Å². The maximum Gasteiger partial charge on any atom is 0.351 e. The number of carbonyl (C=O) groups excluding carboxylic acids is 1. The van der Waals surface area contributed by atoms with Gasteiger partial charge in [0, 0.05) is 18.9 Å². The molecule has 0 unspecified atom stereocenters. The number of aromatic nitrogens is 2. The quantitative estimate of drug-likeness (QED) is 0.101. The van der Waals surface area contributed by atoms with Gasteiger partial charge in [0.25, 0.3) is 5.91 Å². The Morgan fingerprint density at radius 2 is 1.05 bits per heavy atom. The van der Waals surface area contributed by atoms with Crippen LogP contribution in [0.25, 0.3) is 0 Å². The fourth-order valence-corrected chi connectivity index (χ4v) is 6.89. The van der Waals surface area contributed by atoms with Gasteiger partial charge in [0.2, 0.25) is 0 Å². The number of carbonyl (C=O) groups is 1. The number of nitrogens with zero attached hydrogens (tertiary/aromatic N) is 2. The van der Waals surface area contributed by atoms with Crippen molar-refractivity contribution in [3.05, 3.63) is 202 Å². The van der Waals surface area contributed by atoms with E-state index in [1.807, 2.05) is 127 Å². The van der Waals surface area contributed by atoms with Crippen LogP contribution >= 0.6 is 0 Å². The van der Waals surface area contributed by atoms with Crippen molar-refractivity contribution in [2.75, 3.05) is 19.0 Å². The van der Waals surface area contributed by atoms with Crippen LogP contribution in [0.4, 0.5) is 5.82 Å². The minimum absolute atomic E-state index is 0.0747. The molecule has 1 saturated heterocycles. The van der Waals surface area contributed by atoms with Gasteiger partial charge >= 0.3 is 5.69 Å². The molecule has 1 aromatic heterocycles. The van der Waals surface area contributed by atoms with E-state index in [0.29, 0.717) is 12.2 Å². The molecule has 0 aliphatic carbocycles. The predicted octanol–water partition coefficient (Wildman–Crippen LogP) is 7.38. The number of hydrogen-bond donors (Lipinski definition) is 1. The summed E-state index contributed by atoms with van der Waals surface area (Å²) >= 11 is 0. The van der Waals surface area contributed by atoms with Crippen molar-refractivity contribution in [3.63, 3.8) is 0 Å². The van der Waals surface area contributed by atoms with E-state index in [1.165, 1.54) is 10.8 Å². The molecule has 0 bridgehead atoms. The van der Waals surface area contributed by atoms with E-state index in [9.17, 15) is 9.59 Å². The number of benzene rings is 5. The number of amides is 1. The lowest BCUT2D eigenvalue weighted by molar-refractivity contribution is -0.186. The van der Waals surface area contributed by atoms with Gasteiger partial charge in [-0.25, -0.2) is 4.79 Å². The molecule has 298 valence electrons. The lowest BCUT2D eigenvalue weighted by atomic mass is 9.99. The van der Waals surface area contributed by atoms with Crippen LogP contribution in [0.2, 0.25) is 0 Å². The van der Waals surface area contributed by atoms with E-state index in [2.05, 4.69) is 10.3 Å². The van der Waals surface area contributed by atoms with Gasteiger partial charge in [0.05, 0.1) is 33.0 Å². The van der Waals surface area contributed by atoms with Gasteiger partial charge in [-0.2, -0.15) is 4.98 Å². The predicted molar refractivity (Wildman–Crippen MR) is 219 cm³/mol. The Hall–Kier alpha value is -5.79. The monoisotopic (exact) mass is 781 g/mol. The Balaban J connectivity index is 1.28. The molecule has 1 fully saturated rings. The van der Waals surface area contributed by atoms with E-state index in [1.54, 1.807) is 37.4 Å². The van der Waals surface area contributed by atoms with Crippen LogP contribution < -0.4 is 11.0 Å². The average Bonchev–Trinajstić information content (AvgIpc) is 3.39. The molecule has 58 heavy (non-hydrogen) atoms. The van der Waals surface area contributed by atoms with Gasteiger partial charge in [0.15, 0.2) is 6.23 Å². The SMILES string of the molecule is CO[C@@H]1[C@H](OCc2ccccc2)[C@@H](OCc2ccccc2)[C@H](OCc2ccccc2)[C@@H](COCc2ccccc2)O[C@H]1n1ccc(NC(=O)c2ccccc2)nc1=O. The van der Waals surface area contributed by atoms with Gasteiger partial charge in [-0.1, -0.05) is 140 Å². The van der Waals surface area contributed by atoms with Gasteiger partial charge in [-0.15, -0.1) is 0 Å². The van der Waals surface area contributed by atoms with Crippen molar-refractivity contribution in [1.29, 1.82) is 0 Å². The molecule has 1 aliphatic rings. The summed E-state index contributed by atoms with van der Waals surface area (Å²) in [5.41, 5.74) is 3.58. The molecule has 2 heterocycles. The highest BCUT2D eigenvalue weighted by Crippen LogP contribution is 2.35. The second-order valence-electron chi connectivity index (χ2n) is 13.9. The van der Waals surface area contributed by atoms with Crippen molar-refractivity contribution in [2.45, 2.75) is 63.2 Å². The number of ether oxygens (including phenoxy) is 6. The highest BCUT2D eigenvalue weighted by Gasteiger charge is 2.50. The topological polar surface area (TPSA) is 119 Å². The third-order valence-corrected chi connectivity index (χ3v) is 9.84. The molecule has 1 aliphatic heterocycles. The van der Waals surface area contributed by atoms with Gasteiger partial charge < -0.3 is 33.7 Å². The van der Waals surface area contributed by atoms with Crippen molar-refractivity contribution < 1.29 is 33.2 Å². The second-order valence-corrected chi connectivity index (χ2v) is 13.9. The molecule has 5 aromatic carbocycles. The van der Waals surface area contributed by atoms with E-state index in [4.69, 9.17) is 28.4 Å². The van der Waals surface area contributed by atoms with Crippen LogP contribution in [-0.2, 0) is 54.8 Å². The van der Waals surface area contributed by atoms with E-state index in [-0.39, 0.29) is 32.2 Å². The maximum atomic E-state index is 14.0. The molecular weight excluding hydrogens is 735 g/mol. The molecule has 6 aromatic rings. The fraction of sp³-hybridized carbons (Fsp3) is 0.255. The zero-order valence-electron chi connectivity index (χ0n) is 32.2. The first-order valence-electron chi connectivity index (χ1n) is 19.3. The zero-order chi connectivity index (χ0) is 39.9. The summed E-state index contributed by atoms with van der Waals surface area (Å²) < 4.78 is 41.5. The molecule has 11 heteroatoms. The average molecular weight is 782 g/mol. The fourth-order valence-electron chi connectivity index (χ4n) is 6.89. The second kappa shape index (κ2) is 20.6. The van der Waals surface area contributed by atoms with Crippen molar-refractivity contribution in [1.82, 2.24) is 9.55 Å². The summed E-state index contributed by atoms with van der Waals surface area (Å²) in [6.07, 6.45) is -3.70. The van der Waals surface area contributed by atoms with Crippen LogP contribution in [0.3, 0.4) is 0 Å². The number of methoxy groups -OCH3 is 1. The number of nitrogens with one attached hydrogen (secondary N) is 1. The largest absolute Gasteiger partial charge is 0.374 e. The molecule has 0 spiro atoms. The molecule has 1 N–H and O–H groups in total. The van der Waals surface area contributed by atoms with E-state index >= 15 is 0 Å². The smallest absolute Gasteiger partial charge is 0.351 e. The number of anilines is 1. The minimum Gasteiger partial charge on any atom is -0.374 e. The zero-order valence-corrected chi connectivity index (χ0v) is 32.2. The first-order valence-corrected chi connectivity index (χ1v) is 19.3. The lowest BCUT2D eigenvalue weighted by Gasteiger charge is -2.36. The maximum absolute atomic E-state index is 14.0. The number of hydrogen-bond acceptors (Lipinski definition) is 9. The van der Waals surface area contributed by atoms with Crippen molar-refractivity contribution in [2.24, 2.45) is 0 Å². The van der Waals surface area contributed by atoms with Crippen molar-refractivity contribution in [3.8, 4) is 0 Å². The summed E-state index contributed by atoms with van der Waals surface area (Å²) in [7, 11) is 1.55. The molecule has 0 saturated carbocycles.